The highest BCUT2D eigenvalue weighted by Gasteiger charge is 2.16. The minimum Gasteiger partial charge on any atom is -0.469 e. The van der Waals surface area contributed by atoms with Gasteiger partial charge < -0.3 is 14.0 Å². The Kier molecular flexibility index (Phi) is 2.55. The molecule has 5 nitrogen and oxygen atoms in total. The number of aryl methyl sites for hydroxylation is 1. The molecule has 0 fully saturated rings. The van der Waals surface area contributed by atoms with Crippen molar-refractivity contribution >= 4 is 0 Å². The molecule has 2 aromatic rings. The lowest BCUT2D eigenvalue weighted by Crippen LogP contribution is -1.93. The second-order valence-electron chi connectivity index (χ2n) is 3.24. The summed E-state index contributed by atoms with van der Waals surface area (Å²) in [6.45, 7) is 3.57. The van der Waals surface area contributed by atoms with E-state index in [2.05, 4.69) is 10.1 Å². The Morgan fingerprint density at radius 2 is 2.33 bits per heavy atom. The molecule has 5 heteroatoms. The molecule has 2 rings (SSSR count). The maximum atomic E-state index is 9.25. The lowest BCUT2D eigenvalue weighted by molar-refractivity contribution is 0.184. The van der Waals surface area contributed by atoms with Crippen LogP contribution in [-0.4, -0.2) is 15.2 Å². The van der Waals surface area contributed by atoms with Crippen LogP contribution < -0.4 is 0 Å². The largest absolute Gasteiger partial charge is 0.469 e. The molecule has 0 amide bonds. The topological polar surface area (TPSA) is 72.3 Å². The minimum absolute atomic E-state index is 0.285. The molecule has 1 N–H and O–H groups in total. The van der Waals surface area contributed by atoms with E-state index in [1.807, 2.05) is 6.92 Å². The Balaban J connectivity index is 2.37. The summed E-state index contributed by atoms with van der Waals surface area (Å²) in [7, 11) is 0. The molecule has 0 aromatic carbocycles. The third kappa shape index (κ3) is 1.78. The summed E-state index contributed by atoms with van der Waals surface area (Å²) in [6.07, 6.45) is 1.62. The van der Waals surface area contributed by atoms with Gasteiger partial charge in [0.2, 0.25) is 0 Å². The van der Waals surface area contributed by atoms with Crippen LogP contribution >= 0.6 is 0 Å². The van der Waals surface area contributed by atoms with Crippen LogP contribution in [0.3, 0.4) is 0 Å². The van der Waals surface area contributed by atoms with E-state index in [0.29, 0.717) is 5.89 Å². The van der Waals surface area contributed by atoms with Crippen LogP contribution in [0, 0.1) is 0 Å². The fourth-order valence-corrected chi connectivity index (χ4v) is 1.32. The number of furan rings is 1. The molecule has 0 saturated heterocycles. The molecule has 1 unspecified atom stereocenters. The SMILES string of the molecule is CCc1occc1-c1nc(C(C)O)no1. The molecule has 0 aliphatic heterocycles. The second-order valence-corrected chi connectivity index (χ2v) is 3.24. The van der Waals surface area contributed by atoms with Crippen LogP contribution in [0.1, 0.15) is 31.5 Å². The first kappa shape index (κ1) is 9.92. The highest BCUT2D eigenvalue weighted by molar-refractivity contribution is 5.55. The summed E-state index contributed by atoms with van der Waals surface area (Å²) in [5.41, 5.74) is 0.789. The maximum Gasteiger partial charge on any atom is 0.261 e. The quantitative estimate of drug-likeness (QED) is 0.834. The first-order chi connectivity index (χ1) is 7.22. The van der Waals surface area contributed by atoms with Crippen LogP contribution in [-0.2, 0) is 6.42 Å². The van der Waals surface area contributed by atoms with Gasteiger partial charge in [0.1, 0.15) is 11.9 Å². The average Bonchev–Trinajstić information content (AvgIpc) is 2.85. The van der Waals surface area contributed by atoms with Gasteiger partial charge in [-0.15, -0.1) is 0 Å². The van der Waals surface area contributed by atoms with E-state index < -0.39 is 6.10 Å². The number of aliphatic hydroxyl groups is 1. The van der Waals surface area contributed by atoms with E-state index in [4.69, 9.17) is 8.94 Å². The zero-order chi connectivity index (χ0) is 10.8. The number of rotatable bonds is 3. The zero-order valence-corrected chi connectivity index (χ0v) is 8.60. The summed E-state index contributed by atoms with van der Waals surface area (Å²) in [6, 6.07) is 1.78. The first-order valence-electron chi connectivity index (χ1n) is 4.80. The molecule has 0 aliphatic rings. The van der Waals surface area contributed by atoms with Gasteiger partial charge in [0.25, 0.3) is 5.89 Å². The Morgan fingerprint density at radius 1 is 1.53 bits per heavy atom. The van der Waals surface area contributed by atoms with Crippen molar-refractivity contribution in [1.29, 1.82) is 0 Å². The number of hydrogen-bond donors (Lipinski definition) is 1. The molecule has 1 atom stereocenters. The molecular weight excluding hydrogens is 196 g/mol. The average molecular weight is 208 g/mol. The molecule has 0 radical (unpaired) electrons. The van der Waals surface area contributed by atoms with Gasteiger partial charge in [-0.2, -0.15) is 4.98 Å². The smallest absolute Gasteiger partial charge is 0.261 e. The summed E-state index contributed by atoms with van der Waals surface area (Å²) >= 11 is 0. The molecular formula is C10H12N2O3. The lowest BCUT2D eigenvalue weighted by atomic mass is 10.2. The fourth-order valence-electron chi connectivity index (χ4n) is 1.32. The van der Waals surface area contributed by atoms with E-state index in [1.54, 1.807) is 19.3 Å². The predicted octanol–water partition coefficient (Wildman–Crippen LogP) is 1.95. The van der Waals surface area contributed by atoms with Crippen molar-refractivity contribution in [3.8, 4) is 11.5 Å². The minimum atomic E-state index is -0.723. The molecule has 0 aliphatic carbocycles. The van der Waals surface area contributed by atoms with E-state index in [-0.39, 0.29) is 5.82 Å². The van der Waals surface area contributed by atoms with Gasteiger partial charge in [0, 0.05) is 6.42 Å². The molecule has 15 heavy (non-hydrogen) atoms. The van der Waals surface area contributed by atoms with E-state index in [0.717, 1.165) is 17.7 Å². The number of aromatic nitrogens is 2. The van der Waals surface area contributed by atoms with E-state index in [1.165, 1.54) is 0 Å². The Bertz CT molecular complexity index is 445. The van der Waals surface area contributed by atoms with Crippen LogP contribution in [0.25, 0.3) is 11.5 Å². The van der Waals surface area contributed by atoms with Gasteiger partial charge in [-0.3, -0.25) is 0 Å². The van der Waals surface area contributed by atoms with Gasteiger partial charge >= 0.3 is 0 Å². The molecule has 2 aromatic heterocycles. The van der Waals surface area contributed by atoms with Crippen LogP contribution in [0.2, 0.25) is 0 Å². The van der Waals surface area contributed by atoms with Crippen molar-refractivity contribution in [3.05, 3.63) is 23.9 Å². The molecule has 2 heterocycles. The summed E-state index contributed by atoms with van der Waals surface area (Å²) in [5.74, 6) is 1.47. The Hall–Kier alpha value is -1.62. The van der Waals surface area contributed by atoms with Gasteiger partial charge in [0.15, 0.2) is 5.82 Å². The maximum absolute atomic E-state index is 9.25. The molecule has 80 valence electrons. The first-order valence-corrected chi connectivity index (χ1v) is 4.80. The number of aliphatic hydroxyl groups excluding tert-OH is 1. The van der Waals surface area contributed by atoms with Crippen molar-refractivity contribution in [2.45, 2.75) is 26.4 Å². The second kappa shape index (κ2) is 3.86. The van der Waals surface area contributed by atoms with Gasteiger partial charge in [-0.1, -0.05) is 12.1 Å². The van der Waals surface area contributed by atoms with Crippen LogP contribution in [0.4, 0.5) is 0 Å². The highest BCUT2D eigenvalue weighted by atomic mass is 16.5. The van der Waals surface area contributed by atoms with Crippen molar-refractivity contribution < 1.29 is 14.0 Å². The van der Waals surface area contributed by atoms with Crippen LogP contribution in [0.15, 0.2) is 21.3 Å². The number of nitrogens with zero attached hydrogens (tertiary/aromatic N) is 2. The molecule has 0 spiro atoms. The van der Waals surface area contributed by atoms with Gasteiger partial charge in [-0.25, -0.2) is 0 Å². The van der Waals surface area contributed by atoms with Crippen molar-refractivity contribution in [1.82, 2.24) is 10.1 Å². The zero-order valence-electron chi connectivity index (χ0n) is 8.60. The monoisotopic (exact) mass is 208 g/mol. The molecule has 0 saturated carbocycles. The summed E-state index contributed by atoms with van der Waals surface area (Å²) < 4.78 is 10.3. The third-order valence-electron chi connectivity index (χ3n) is 2.11. The molecule has 0 bridgehead atoms. The third-order valence-corrected chi connectivity index (χ3v) is 2.11. The van der Waals surface area contributed by atoms with Crippen molar-refractivity contribution in [3.63, 3.8) is 0 Å². The lowest BCUT2D eigenvalue weighted by Gasteiger charge is -1.93. The van der Waals surface area contributed by atoms with Gasteiger partial charge in [0.05, 0.1) is 11.8 Å². The Morgan fingerprint density at radius 3 is 2.93 bits per heavy atom. The van der Waals surface area contributed by atoms with E-state index >= 15 is 0 Å². The van der Waals surface area contributed by atoms with E-state index in [9.17, 15) is 5.11 Å². The Labute approximate surface area is 86.7 Å². The predicted molar refractivity (Wildman–Crippen MR) is 52.0 cm³/mol. The van der Waals surface area contributed by atoms with Crippen LogP contribution in [0.5, 0.6) is 0 Å². The standard InChI is InChI=1S/C10H12N2O3/c1-3-8-7(4-5-14-8)10-11-9(6(2)13)12-15-10/h4-6,13H,3H2,1-2H3. The summed E-state index contributed by atoms with van der Waals surface area (Å²) in [5, 5.41) is 12.9. The summed E-state index contributed by atoms with van der Waals surface area (Å²) in [4.78, 5) is 4.07. The van der Waals surface area contributed by atoms with Gasteiger partial charge in [-0.05, 0) is 13.0 Å². The van der Waals surface area contributed by atoms with Crippen molar-refractivity contribution in [2.24, 2.45) is 0 Å². The number of hydrogen-bond acceptors (Lipinski definition) is 5. The normalized spacial score (nSPS) is 13.0. The highest BCUT2D eigenvalue weighted by Crippen LogP contribution is 2.24. The van der Waals surface area contributed by atoms with Crippen molar-refractivity contribution in [2.75, 3.05) is 0 Å². The fraction of sp³-hybridized carbons (Fsp3) is 0.400.